The minimum Gasteiger partial charge on any atom is -0.298 e. The first-order chi connectivity index (χ1) is 6.24. The maximum atomic E-state index is 11.0. The molecule has 3 nitrogen and oxygen atoms in total. The average Bonchev–Trinajstić information content (AvgIpc) is 2.09. The monoisotopic (exact) mass is 258 g/mol. The highest BCUT2D eigenvalue weighted by Gasteiger charge is 2.02. The molecular formula is C8H4BrClN2O. The molecule has 0 radical (unpaired) electrons. The van der Waals surface area contributed by atoms with Crippen molar-refractivity contribution in [3.63, 3.8) is 0 Å². The summed E-state index contributed by atoms with van der Waals surface area (Å²) in [5.74, 6) is 2.09. The Kier molecular flexibility index (Phi) is 3.74. The number of amides is 1. The highest BCUT2D eigenvalue weighted by molar-refractivity contribution is 9.12. The van der Waals surface area contributed by atoms with Gasteiger partial charge in [0.2, 0.25) is 0 Å². The molecule has 1 heterocycles. The summed E-state index contributed by atoms with van der Waals surface area (Å²) in [6.07, 6.45) is 1.53. The van der Waals surface area contributed by atoms with Crippen molar-refractivity contribution < 1.29 is 4.79 Å². The highest BCUT2D eigenvalue weighted by atomic mass is 79.9. The zero-order chi connectivity index (χ0) is 9.68. The summed E-state index contributed by atoms with van der Waals surface area (Å²) < 4.78 is 0. The van der Waals surface area contributed by atoms with Crippen molar-refractivity contribution in [1.29, 1.82) is 0 Å². The molecule has 0 unspecified atom stereocenters. The molecule has 1 N–H and O–H groups in total. The Morgan fingerprint density at radius 3 is 3.08 bits per heavy atom. The molecule has 0 aliphatic heterocycles. The van der Waals surface area contributed by atoms with Gasteiger partial charge < -0.3 is 0 Å². The Balaban J connectivity index is 2.78. The van der Waals surface area contributed by atoms with E-state index in [0.717, 1.165) is 0 Å². The van der Waals surface area contributed by atoms with E-state index in [9.17, 15) is 4.79 Å². The Hall–Kier alpha value is -1.05. The van der Waals surface area contributed by atoms with E-state index in [2.05, 4.69) is 37.0 Å². The number of nitrogens with zero attached hydrogens (tertiary/aromatic N) is 1. The number of anilines is 1. The quantitative estimate of drug-likeness (QED) is 0.784. The second-order valence-corrected chi connectivity index (χ2v) is 2.81. The van der Waals surface area contributed by atoms with Gasteiger partial charge >= 0.3 is 5.91 Å². The Morgan fingerprint density at radius 1 is 1.69 bits per heavy atom. The average molecular weight is 259 g/mol. The number of hydrogen-bond donors (Lipinski definition) is 1. The van der Waals surface area contributed by atoms with E-state index in [4.69, 9.17) is 11.6 Å². The third-order valence-corrected chi connectivity index (χ3v) is 1.65. The minimum absolute atomic E-state index is 0.310. The molecule has 1 aromatic rings. The molecule has 0 aromatic carbocycles. The molecule has 1 rings (SSSR count). The van der Waals surface area contributed by atoms with Crippen LogP contribution in [0.5, 0.6) is 0 Å². The standard InChI is InChI=1S/C8H4BrClN2O/c9-4-3-7(13)12-8-6(10)2-1-5-11-8/h1-2,5H,(H,11,12,13). The lowest BCUT2D eigenvalue weighted by Crippen LogP contribution is -2.09. The predicted octanol–water partition coefficient (Wildman–Crippen LogP) is 2.03. The summed E-state index contributed by atoms with van der Waals surface area (Å²) in [6, 6.07) is 3.31. The predicted molar refractivity (Wildman–Crippen MR) is 54.6 cm³/mol. The molecular weight excluding hydrogens is 255 g/mol. The van der Waals surface area contributed by atoms with Crippen molar-refractivity contribution >= 4 is 39.3 Å². The van der Waals surface area contributed by atoms with Crippen LogP contribution in [-0.2, 0) is 4.79 Å². The lowest BCUT2D eigenvalue weighted by Gasteiger charge is -2.00. The molecule has 0 atom stereocenters. The van der Waals surface area contributed by atoms with E-state index in [0.29, 0.717) is 10.8 Å². The van der Waals surface area contributed by atoms with Crippen molar-refractivity contribution in [3.05, 3.63) is 23.4 Å². The Bertz CT molecular complexity index is 383. The van der Waals surface area contributed by atoms with E-state index in [1.807, 2.05) is 0 Å². The van der Waals surface area contributed by atoms with Crippen LogP contribution in [0.1, 0.15) is 0 Å². The van der Waals surface area contributed by atoms with Crippen LogP contribution in [-0.4, -0.2) is 10.9 Å². The van der Waals surface area contributed by atoms with Crippen LogP contribution in [0.2, 0.25) is 5.02 Å². The highest BCUT2D eigenvalue weighted by Crippen LogP contribution is 2.16. The largest absolute Gasteiger partial charge is 0.302 e. The van der Waals surface area contributed by atoms with E-state index in [1.54, 1.807) is 12.1 Å². The molecule has 5 heteroatoms. The first kappa shape index (κ1) is 10.0. The lowest BCUT2D eigenvalue weighted by molar-refractivity contribution is -0.111. The lowest BCUT2D eigenvalue weighted by atomic mass is 10.4. The molecule has 0 aliphatic rings. The van der Waals surface area contributed by atoms with E-state index >= 15 is 0 Å². The third-order valence-electron chi connectivity index (χ3n) is 1.15. The molecule has 66 valence electrons. The number of carbonyl (C=O) groups is 1. The zero-order valence-electron chi connectivity index (χ0n) is 6.34. The molecule has 0 fully saturated rings. The van der Waals surface area contributed by atoms with Gasteiger partial charge in [-0.1, -0.05) is 11.6 Å². The number of halogens is 2. The van der Waals surface area contributed by atoms with Gasteiger partial charge in [0.15, 0.2) is 5.82 Å². The van der Waals surface area contributed by atoms with Gasteiger partial charge in [0.1, 0.15) is 0 Å². The minimum atomic E-state index is -0.461. The smallest absolute Gasteiger partial charge is 0.298 e. The molecule has 0 aliphatic carbocycles. The second kappa shape index (κ2) is 4.85. The van der Waals surface area contributed by atoms with E-state index < -0.39 is 5.91 Å². The van der Waals surface area contributed by atoms with Crippen molar-refractivity contribution in [2.45, 2.75) is 0 Å². The molecule has 13 heavy (non-hydrogen) atoms. The van der Waals surface area contributed by atoms with Gasteiger partial charge in [-0.05, 0) is 17.0 Å². The summed E-state index contributed by atoms with van der Waals surface area (Å²) in [5, 5.41) is 2.81. The van der Waals surface area contributed by atoms with Crippen LogP contribution >= 0.6 is 27.5 Å². The maximum Gasteiger partial charge on any atom is 0.302 e. The van der Waals surface area contributed by atoms with Crippen LogP contribution in [0.25, 0.3) is 0 Å². The van der Waals surface area contributed by atoms with Crippen LogP contribution in [0.15, 0.2) is 18.3 Å². The fourth-order valence-corrected chi connectivity index (χ4v) is 1.01. The fraction of sp³-hybridized carbons (Fsp3) is 0. The van der Waals surface area contributed by atoms with Gasteiger partial charge in [-0.25, -0.2) is 4.98 Å². The second-order valence-electron chi connectivity index (χ2n) is 2.01. The first-order valence-electron chi connectivity index (χ1n) is 3.27. The fourth-order valence-electron chi connectivity index (χ4n) is 0.659. The van der Waals surface area contributed by atoms with Gasteiger partial charge in [-0.3, -0.25) is 10.1 Å². The van der Waals surface area contributed by atoms with Gasteiger partial charge in [0.25, 0.3) is 0 Å². The Morgan fingerprint density at radius 2 is 2.46 bits per heavy atom. The number of nitrogens with one attached hydrogen (secondary N) is 1. The number of hydrogen-bond acceptors (Lipinski definition) is 2. The molecule has 0 saturated heterocycles. The SMILES string of the molecule is O=C(C#CBr)Nc1ncccc1Cl. The number of carbonyl (C=O) groups excluding carboxylic acids is 1. The summed E-state index contributed by atoms with van der Waals surface area (Å²) in [4.78, 5) is 17.1. The number of aromatic nitrogens is 1. The molecule has 0 saturated carbocycles. The van der Waals surface area contributed by atoms with Crippen molar-refractivity contribution in [2.75, 3.05) is 5.32 Å². The van der Waals surface area contributed by atoms with Gasteiger partial charge in [0, 0.05) is 28.0 Å². The maximum absolute atomic E-state index is 11.0. The van der Waals surface area contributed by atoms with Crippen LogP contribution < -0.4 is 5.32 Å². The third kappa shape index (κ3) is 3.05. The normalized spacial score (nSPS) is 8.46. The molecule has 1 aromatic heterocycles. The van der Waals surface area contributed by atoms with Crippen LogP contribution in [0.4, 0.5) is 5.82 Å². The number of pyridine rings is 1. The number of rotatable bonds is 1. The topological polar surface area (TPSA) is 42.0 Å². The van der Waals surface area contributed by atoms with Crippen LogP contribution in [0.3, 0.4) is 0 Å². The van der Waals surface area contributed by atoms with Gasteiger partial charge in [-0.15, -0.1) is 0 Å². The van der Waals surface area contributed by atoms with E-state index in [1.165, 1.54) is 6.20 Å². The summed E-state index contributed by atoms with van der Waals surface area (Å²) in [6.45, 7) is 0. The van der Waals surface area contributed by atoms with Crippen LogP contribution in [0, 0.1) is 10.8 Å². The summed E-state index contributed by atoms with van der Waals surface area (Å²) in [7, 11) is 0. The first-order valence-corrected chi connectivity index (χ1v) is 4.44. The van der Waals surface area contributed by atoms with Gasteiger partial charge in [0.05, 0.1) is 5.02 Å². The zero-order valence-corrected chi connectivity index (χ0v) is 8.69. The van der Waals surface area contributed by atoms with E-state index in [-0.39, 0.29) is 0 Å². The van der Waals surface area contributed by atoms with Crippen molar-refractivity contribution in [1.82, 2.24) is 4.98 Å². The van der Waals surface area contributed by atoms with Crippen molar-refractivity contribution in [3.8, 4) is 10.8 Å². The molecule has 0 spiro atoms. The Labute approximate surface area is 88.6 Å². The summed E-state index contributed by atoms with van der Waals surface area (Å²) >= 11 is 8.54. The molecule has 0 bridgehead atoms. The molecule has 1 amide bonds. The van der Waals surface area contributed by atoms with Gasteiger partial charge in [-0.2, -0.15) is 0 Å². The summed E-state index contributed by atoms with van der Waals surface area (Å²) in [5.41, 5.74) is 0. The van der Waals surface area contributed by atoms with Crippen molar-refractivity contribution in [2.24, 2.45) is 0 Å².